The Kier molecular flexibility index (Phi) is 3.17. The Hall–Kier alpha value is -1.02. The molecule has 0 unspecified atom stereocenters. The molecule has 0 aliphatic carbocycles. The van der Waals surface area contributed by atoms with Gasteiger partial charge < -0.3 is 10.3 Å². The van der Waals surface area contributed by atoms with Gasteiger partial charge >= 0.3 is 0 Å². The van der Waals surface area contributed by atoms with Crippen LogP contribution >= 0.6 is 0 Å². The van der Waals surface area contributed by atoms with Crippen LogP contribution in [0, 0.1) is 0 Å². The molecule has 1 aromatic heterocycles. The van der Waals surface area contributed by atoms with Gasteiger partial charge in [0.05, 0.1) is 0 Å². The molecule has 0 bridgehead atoms. The van der Waals surface area contributed by atoms with Crippen LogP contribution in [-0.2, 0) is 5.41 Å². The van der Waals surface area contributed by atoms with E-state index in [0.29, 0.717) is 0 Å². The minimum Gasteiger partial charge on any atom is -0.358 e. The molecule has 14 heavy (non-hydrogen) atoms. The van der Waals surface area contributed by atoms with Crippen LogP contribution in [0.1, 0.15) is 26.5 Å². The van der Waals surface area contributed by atoms with Crippen molar-refractivity contribution in [2.24, 2.45) is 0 Å². The summed E-state index contributed by atoms with van der Waals surface area (Å²) in [6.45, 7) is 11.5. The first-order valence-electron chi connectivity index (χ1n) is 4.98. The van der Waals surface area contributed by atoms with Gasteiger partial charge in [0.1, 0.15) is 0 Å². The molecule has 0 atom stereocenters. The fourth-order valence-electron chi connectivity index (χ4n) is 1.31. The summed E-state index contributed by atoms with van der Waals surface area (Å²) in [7, 11) is 1.94. The van der Waals surface area contributed by atoms with E-state index in [0.717, 1.165) is 11.9 Å². The molecule has 1 aromatic rings. The highest BCUT2D eigenvalue weighted by Gasteiger charge is 2.14. The van der Waals surface area contributed by atoms with E-state index in [-0.39, 0.29) is 5.41 Å². The summed E-state index contributed by atoms with van der Waals surface area (Å²) in [5, 5.41) is 5.30. The second kappa shape index (κ2) is 4.01. The van der Waals surface area contributed by atoms with Crippen molar-refractivity contribution in [3.63, 3.8) is 0 Å². The van der Waals surface area contributed by atoms with Crippen LogP contribution in [0.25, 0.3) is 12.7 Å². The summed E-state index contributed by atoms with van der Waals surface area (Å²) in [6.07, 6.45) is 2.15. The zero-order chi connectivity index (χ0) is 10.8. The summed E-state index contributed by atoms with van der Waals surface area (Å²) in [6, 6.07) is 2.18. The Labute approximate surface area is 85.7 Å². The first-order chi connectivity index (χ1) is 6.45. The van der Waals surface area contributed by atoms with E-state index in [4.69, 9.17) is 0 Å². The van der Waals surface area contributed by atoms with Crippen LogP contribution in [0.4, 0.5) is 0 Å². The highest BCUT2D eigenvalue weighted by atomic mass is 14.8. The quantitative estimate of drug-likeness (QED) is 0.710. The smallest absolute Gasteiger partial charge is 0.0380 e. The molecule has 1 heterocycles. The zero-order valence-corrected chi connectivity index (χ0v) is 9.57. The molecule has 78 valence electrons. The molecule has 0 aliphatic heterocycles. The number of aromatic amines is 1. The lowest BCUT2D eigenvalue weighted by Gasteiger charge is -2.15. The summed E-state index contributed by atoms with van der Waals surface area (Å²) in [5.41, 5.74) is 1.41. The predicted octanol–water partition coefficient (Wildman–Crippen LogP) is 0.722. The highest BCUT2D eigenvalue weighted by molar-refractivity contribution is 5.29. The second-order valence-corrected chi connectivity index (χ2v) is 4.63. The van der Waals surface area contributed by atoms with Crippen molar-refractivity contribution in [1.82, 2.24) is 10.3 Å². The molecular weight excluding hydrogens is 172 g/mol. The molecular formula is C12H20N2. The summed E-state index contributed by atoms with van der Waals surface area (Å²) in [4.78, 5) is 3.32. The Morgan fingerprint density at radius 3 is 2.57 bits per heavy atom. The summed E-state index contributed by atoms with van der Waals surface area (Å²) < 4.78 is 0. The molecule has 0 saturated heterocycles. The predicted molar refractivity (Wildman–Crippen MR) is 62.7 cm³/mol. The topological polar surface area (TPSA) is 27.8 Å². The maximum absolute atomic E-state index is 3.99. The molecule has 2 heteroatoms. The van der Waals surface area contributed by atoms with E-state index in [9.17, 15) is 0 Å². The van der Waals surface area contributed by atoms with E-state index in [1.807, 2.05) is 7.05 Å². The van der Waals surface area contributed by atoms with Crippen molar-refractivity contribution in [3.05, 3.63) is 22.3 Å². The van der Waals surface area contributed by atoms with Gasteiger partial charge in [0.2, 0.25) is 0 Å². The van der Waals surface area contributed by atoms with Crippen molar-refractivity contribution >= 4 is 12.7 Å². The number of aromatic nitrogens is 1. The van der Waals surface area contributed by atoms with Crippen molar-refractivity contribution < 1.29 is 0 Å². The van der Waals surface area contributed by atoms with E-state index in [2.05, 4.69) is 49.8 Å². The Morgan fingerprint density at radius 1 is 1.50 bits per heavy atom. The minimum absolute atomic E-state index is 0.165. The molecule has 2 nitrogen and oxygen atoms in total. The number of hydrogen-bond donors (Lipinski definition) is 2. The van der Waals surface area contributed by atoms with Gasteiger partial charge in [-0.3, -0.25) is 0 Å². The van der Waals surface area contributed by atoms with Crippen molar-refractivity contribution in [2.75, 3.05) is 13.6 Å². The van der Waals surface area contributed by atoms with Gasteiger partial charge in [-0.1, -0.05) is 33.4 Å². The summed E-state index contributed by atoms with van der Waals surface area (Å²) in [5.74, 6) is 0. The second-order valence-electron chi connectivity index (χ2n) is 4.63. The largest absolute Gasteiger partial charge is 0.358 e. The first kappa shape index (κ1) is 11.1. The summed E-state index contributed by atoms with van der Waals surface area (Å²) >= 11 is 0. The normalized spacial score (nSPS) is 13.6. The third-order valence-electron chi connectivity index (χ3n) is 2.27. The average Bonchev–Trinajstić information content (AvgIpc) is 2.43. The van der Waals surface area contributed by atoms with Crippen molar-refractivity contribution in [3.8, 4) is 0 Å². The van der Waals surface area contributed by atoms with Gasteiger partial charge in [-0.2, -0.15) is 0 Å². The van der Waals surface area contributed by atoms with Crippen LogP contribution in [0.2, 0.25) is 0 Å². The van der Waals surface area contributed by atoms with Crippen LogP contribution < -0.4 is 15.9 Å². The van der Waals surface area contributed by atoms with Gasteiger partial charge in [0.25, 0.3) is 0 Å². The van der Waals surface area contributed by atoms with E-state index < -0.39 is 0 Å². The average molecular weight is 192 g/mol. The SMILES string of the molecule is C=c1[nH]c(C(C)(C)C)cc1=CCNC. The third kappa shape index (κ3) is 2.48. The van der Waals surface area contributed by atoms with Crippen molar-refractivity contribution in [2.45, 2.75) is 26.2 Å². The van der Waals surface area contributed by atoms with Crippen LogP contribution in [0.3, 0.4) is 0 Å². The van der Waals surface area contributed by atoms with Crippen LogP contribution in [-0.4, -0.2) is 18.6 Å². The van der Waals surface area contributed by atoms with E-state index in [1.165, 1.54) is 10.9 Å². The van der Waals surface area contributed by atoms with E-state index in [1.54, 1.807) is 0 Å². The zero-order valence-electron chi connectivity index (χ0n) is 9.57. The maximum Gasteiger partial charge on any atom is 0.0380 e. The molecule has 0 amide bonds. The molecule has 0 fully saturated rings. The van der Waals surface area contributed by atoms with Crippen LogP contribution in [0.15, 0.2) is 6.07 Å². The third-order valence-corrected chi connectivity index (χ3v) is 2.27. The van der Waals surface area contributed by atoms with Crippen molar-refractivity contribution in [1.29, 1.82) is 0 Å². The lowest BCUT2D eigenvalue weighted by molar-refractivity contribution is 0.572. The molecule has 0 aromatic carbocycles. The molecule has 0 radical (unpaired) electrons. The lowest BCUT2D eigenvalue weighted by Crippen LogP contribution is -2.22. The molecule has 1 rings (SSSR count). The molecule has 0 spiro atoms. The molecule has 0 saturated carbocycles. The Balaban J connectivity index is 3.12. The highest BCUT2D eigenvalue weighted by Crippen LogP contribution is 2.16. The van der Waals surface area contributed by atoms with Gasteiger partial charge in [0, 0.05) is 23.0 Å². The lowest BCUT2D eigenvalue weighted by atomic mass is 9.92. The maximum atomic E-state index is 3.99. The molecule has 2 N–H and O–H groups in total. The standard InChI is InChI=1S/C12H20N2/c1-9-10(6-7-13-5)8-11(14-9)12(2,3)4/h6,8,13-14H,1,7H2,2-5H3. The van der Waals surface area contributed by atoms with Gasteiger partial charge in [-0.15, -0.1) is 0 Å². The van der Waals surface area contributed by atoms with Gasteiger partial charge in [0.15, 0.2) is 0 Å². The van der Waals surface area contributed by atoms with Gasteiger partial charge in [-0.05, 0) is 18.3 Å². The number of H-pyrrole nitrogens is 1. The Morgan fingerprint density at radius 2 is 2.14 bits per heavy atom. The minimum atomic E-state index is 0.165. The number of nitrogens with one attached hydrogen (secondary N) is 2. The Bertz CT molecular complexity index is 393. The number of hydrogen-bond acceptors (Lipinski definition) is 1. The molecule has 0 aliphatic rings. The van der Waals surface area contributed by atoms with Crippen LogP contribution in [0.5, 0.6) is 0 Å². The fraction of sp³-hybridized carbons (Fsp3) is 0.500. The fourth-order valence-corrected chi connectivity index (χ4v) is 1.31. The first-order valence-corrected chi connectivity index (χ1v) is 4.98. The monoisotopic (exact) mass is 192 g/mol. The van der Waals surface area contributed by atoms with Gasteiger partial charge in [-0.25, -0.2) is 0 Å². The van der Waals surface area contributed by atoms with E-state index >= 15 is 0 Å². The number of rotatable bonds is 2.